The second kappa shape index (κ2) is 9.72. The molecule has 0 saturated heterocycles. The Hall–Kier alpha value is -4.24. The van der Waals surface area contributed by atoms with Crippen LogP contribution in [0.25, 0.3) is 5.69 Å². The van der Waals surface area contributed by atoms with E-state index in [1.54, 1.807) is 48.5 Å². The van der Waals surface area contributed by atoms with E-state index in [2.05, 4.69) is 0 Å². The Labute approximate surface area is 193 Å². The maximum absolute atomic E-state index is 14.3. The van der Waals surface area contributed by atoms with Crippen molar-refractivity contribution in [3.63, 3.8) is 0 Å². The van der Waals surface area contributed by atoms with Gasteiger partial charge in [0.2, 0.25) is 0 Å². The Morgan fingerprint density at radius 1 is 0.853 bits per heavy atom. The Morgan fingerprint density at radius 2 is 1.53 bits per heavy atom. The van der Waals surface area contributed by atoms with E-state index in [1.165, 1.54) is 31.4 Å². The van der Waals surface area contributed by atoms with Gasteiger partial charge in [0.25, 0.3) is 0 Å². The second-order valence-electron chi connectivity index (χ2n) is 7.69. The number of nitrogens with two attached hydrogens (primary N) is 1. The summed E-state index contributed by atoms with van der Waals surface area (Å²) in [5, 5.41) is 0. The van der Waals surface area contributed by atoms with Crippen LogP contribution in [-0.2, 0) is 13.1 Å². The summed E-state index contributed by atoms with van der Waals surface area (Å²) in [4.78, 5) is 40.1. The predicted molar refractivity (Wildman–Crippen MR) is 126 cm³/mol. The third-order valence-electron chi connectivity index (χ3n) is 5.51. The molecule has 0 saturated carbocycles. The Bertz CT molecular complexity index is 1490. The van der Waals surface area contributed by atoms with Gasteiger partial charge in [-0.25, -0.2) is 32.5 Å². The molecule has 0 bridgehead atoms. The lowest BCUT2D eigenvalue weighted by molar-refractivity contribution is 0.414. The Morgan fingerprint density at radius 3 is 2.24 bits per heavy atom. The number of rotatable bonds is 7. The number of benzene rings is 3. The largest absolute Gasteiger partial charge is 0.497 e. The van der Waals surface area contributed by atoms with Gasteiger partial charge in [-0.3, -0.25) is 0 Å². The zero-order valence-electron chi connectivity index (χ0n) is 18.4. The molecule has 1 unspecified atom stereocenters. The SMILES string of the molecule is COc1cccc(-n2c(=O)n(Cc3ccccc3F)c(=O)n(CC(N)c3ccccc3)c2=O)c1. The molecule has 0 radical (unpaired) electrons. The molecule has 1 heterocycles. The monoisotopic (exact) mass is 462 g/mol. The molecule has 0 aliphatic heterocycles. The fourth-order valence-corrected chi connectivity index (χ4v) is 3.69. The zero-order chi connectivity index (χ0) is 24.2. The number of aromatic nitrogens is 3. The van der Waals surface area contributed by atoms with Crippen molar-refractivity contribution in [3.05, 3.63) is 127 Å². The molecule has 4 rings (SSSR count). The minimum absolute atomic E-state index is 0.136. The zero-order valence-corrected chi connectivity index (χ0v) is 18.4. The van der Waals surface area contributed by atoms with Gasteiger partial charge in [-0.15, -0.1) is 0 Å². The number of hydrogen-bond acceptors (Lipinski definition) is 5. The van der Waals surface area contributed by atoms with Crippen molar-refractivity contribution in [2.75, 3.05) is 7.11 Å². The van der Waals surface area contributed by atoms with E-state index in [1.807, 2.05) is 6.07 Å². The van der Waals surface area contributed by atoms with E-state index in [0.29, 0.717) is 11.3 Å². The van der Waals surface area contributed by atoms with Crippen LogP contribution in [0.2, 0.25) is 0 Å². The van der Waals surface area contributed by atoms with Crippen LogP contribution in [0.5, 0.6) is 5.75 Å². The highest BCUT2D eigenvalue weighted by Crippen LogP contribution is 2.15. The summed E-state index contributed by atoms with van der Waals surface area (Å²) in [5.74, 6) is -0.149. The van der Waals surface area contributed by atoms with E-state index in [0.717, 1.165) is 13.7 Å². The summed E-state index contributed by atoms with van der Waals surface area (Å²) in [7, 11) is 1.46. The smallest absolute Gasteiger partial charge is 0.341 e. The van der Waals surface area contributed by atoms with Crippen molar-refractivity contribution < 1.29 is 9.13 Å². The topological polar surface area (TPSA) is 101 Å². The van der Waals surface area contributed by atoms with Gasteiger partial charge < -0.3 is 10.5 Å². The van der Waals surface area contributed by atoms with Gasteiger partial charge in [-0.1, -0.05) is 54.6 Å². The Kier molecular flexibility index (Phi) is 6.55. The maximum Gasteiger partial charge on any atom is 0.341 e. The number of methoxy groups -OCH3 is 1. The van der Waals surface area contributed by atoms with Crippen LogP contribution in [0.1, 0.15) is 17.2 Å². The molecule has 0 aliphatic carbocycles. The summed E-state index contributed by atoms with van der Waals surface area (Å²) in [6.45, 7) is -0.529. The van der Waals surface area contributed by atoms with Crippen molar-refractivity contribution in [1.82, 2.24) is 13.7 Å². The van der Waals surface area contributed by atoms with Crippen molar-refractivity contribution in [2.24, 2.45) is 5.73 Å². The quantitative estimate of drug-likeness (QED) is 0.453. The molecular formula is C25H23FN4O4. The lowest BCUT2D eigenvalue weighted by Gasteiger charge is -2.17. The third kappa shape index (κ3) is 4.46. The van der Waals surface area contributed by atoms with E-state index in [4.69, 9.17) is 10.5 Å². The first kappa shape index (κ1) is 22.9. The fraction of sp³-hybridized carbons (Fsp3) is 0.160. The highest BCUT2D eigenvalue weighted by Gasteiger charge is 2.20. The first-order chi connectivity index (χ1) is 16.4. The molecule has 34 heavy (non-hydrogen) atoms. The summed E-state index contributed by atoms with van der Waals surface area (Å²) < 4.78 is 22.2. The molecule has 0 fully saturated rings. The first-order valence-electron chi connectivity index (χ1n) is 10.6. The average Bonchev–Trinajstić information content (AvgIpc) is 2.86. The third-order valence-corrected chi connectivity index (χ3v) is 5.51. The van der Waals surface area contributed by atoms with Crippen LogP contribution in [-0.4, -0.2) is 20.8 Å². The van der Waals surface area contributed by atoms with Gasteiger partial charge in [0.05, 0.1) is 25.9 Å². The van der Waals surface area contributed by atoms with Crippen LogP contribution in [0.15, 0.2) is 93.2 Å². The van der Waals surface area contributed by atoms with Crippen LogP contribution < -0.4 is 27.5 Å². The summed E-state index contributed by atoms with van der Waals surface area (Å²) in [6, 6.07) is 20.4. The minimum atomic E-state index is -0.893. The van der Waals surface area contributed by atoms with Crippen molar-refractivity contribution in [2.45, 2.75) is 19.1 Å². The highest BCUT2D eigenvalue weighted by molar-refractivity contribution is 5.39. The molecule has 0 aliphatic rings. The molecule has 8 nitrogen and oxygen atoms in total. The predicted octanol–water partition coefficient (Wildman–Crippen LogP) is 2.06. The molecule has 1 aromatic heterocycles. The van der Waals surface area contributed by atoms with Gasteiger partial charge in [0, 0.05) is 17.7 Å². The molecule has 4 aromatic rings. The van der Waals surface area contributed by atoms with Crippen molar-refractivity contribution in [1.29, 1.82) is 0 Å². The average molecular weight is 462 g/mol. The van der Waals surface area contributed by atoms with Gasteiger partial charge in [0.1, 0.15) is 11.6 Å². The molecule has 9 heteroatoms. The molecule has 0 spiro atoms. The highest BCUT2D eigenvalue weighted by atomic mass is 19.1. The van der Waals surface area contributed by atoms with Crippen molar-refractivity contribution >= 4 is 0 Å². The van der Waals surface area contributed by atoms with Gasteiger partial charge >= 0.3 is 17.1 Å². The summed E-state index contributed by atoms with van der Waals surface area (Å²) in [5.41, 5.74) is 4.74. The van der Waals surface area contributed by atoms with E-state index in [9.17, 15) is 18.8 Å². The van der Waals surface area contributed by atoms with E-state index in [-0.39, 0.29) is 24.3 Å². The summed E-state index contributed by atoms with van der Waals surface area (Å²) >= 11 is 0. The van der Waals surface area contributed by atoms with E-state index >= 15 is 0 Å². The lowest BCUT2D eigenvalue weighted by Crippen LogP contribution is -2.54. The van der Waals surface area contributed by atoms with Crippen LogP contribution in [0.4, 0.5) is 4.39 Å². The van der Waals surface area contributed by atoms with Gasteiger partial charge in [-0.05, 0) is 23.8 Å². The van der Waals surface area contributed by atoms with E-state index < -0.39 is 28.9 Å². The first-order valence-corrected chi connectivity index (χ1v) is 10.6. The number of halogens is 1. The fourth-order valence-electron chi connectivity index (χ4n) is 3.69. The Balaban J connectivity index is 1.93. The minimum Gasteiger partial charge on any atom is -0.497 e. The number of hydrogen-bond donors (Lipinski definition) is 1. The number of nitrogens with zero attached hydrogens (tertiary/aromatic N) is 3. The summed E-state index contributed by atoms with van der Waals surface area (Å²) in [6.07, 6.45) is 0. The van der Waals surface area contributed by atoms with Crippen molar-refractivity contribution in [3.8, 4) is 11.4 Å². The normalized spacial score (nSPS) is 11.9. The number of ether oxygens (including phenoxy) is 1. The molecular weight excluding hydrogens is 439 g/mol. The van der Waals surface area contributed by atoms with Gasteiger partial charge in [0.15, 0.2) is 0 Å². The molecule has 2 N–H and O–H groups in total. The van der Waals surface area contributed by atoms with Crippen LogP contribution >= 0.6 is 0 Å². The maximum atomic E-state index is 14.3. The van der Waals surface area contributed by atoms with Crippen LogP contribution in [0, 0.1) is 5.82 Å². The van der Waals surface area contributed by atoms with Gasteiger partial charge in [-0.2, -0.15) is 0 Å². The lowest BCUT2D eigenvalue weighted by atomic mass is 10.1. The molecule has 3 aromatic carbocycles. The molecule has 174 valence electrons. The molecule has 0 amide bonds. The molecule has 1 atom stereocenters. The second-order valence-corrected chi connectivity index (χ2v) is 7.69. The standard InChI is InChI=1S/C25H23FN4O4/c1-34-20-12-7-11-19(14-20)30-24(32)28(15-18-10-5-6-13-21(18)26)23(31)29(25(30)33)16-22(27)17-8-3-2-4-9-17/h2-14,22H,15-16,27H2,1H3. The van der Waals surface area contributed by atoms with Crippen LogP contribution in [0.3, 0.4) is 0 Å².